The fourth-order valence-corrected chi connectivity index (χ4v) is 3.37. The van der Waals surface area contributed by atoms with Gasteiger partial charge in [-0.2, -0.15) is 0 Å². The third kappa shape index (κ3) is 3.05. The van der Waals surface area contributed by atoms with Gasteiger partial charge in [-0.05, 0) is 42.9 Å². The number of carbonyl (C=O) groups excluding carboxylic acids is 1. The van der Waals surface area contributed by atoms with Crippen molar-refractivity contribution in [1.82, 2.24) is 4.90 Å². The van der Waals surface area contributed by atoms with Gasteiger partial charge in [0.1, 0.15) is 0 Å². The molecule has 1 aliphatic carbocycles. The van der Waals surface area contributed by atoms with Crippen molar-refractivity contribution in [2.45, 2.75) is 38.7 Å². The number of hydrogen-bond donors (Lipinski definition) is 2. The second-order valence-corrected chi connectivity index (χ2v) is 6.36. The fourth-order valence-electron chi connectivity index (χ4n) is 3.37. The molecule has 3 rings (SSSR count). The number of carbonyl (C=O) groups is 1. The quantitative estimate of drug-likeness (QED) is 0.895. The molecule has 0 unspecified atom stereocenters. The number of urea groups is 1. The number of hydrogen-bond acceptors (Lipinski definition) is 2. The molecule has 2 amide bonds. The summed E-state index contributed by atoms with van der Waals surface area (Å²) in [6.07, 6.45) is 4.14. The van der Waals surface area contributed by atoms with Gasteiger partial charge in [0.05, 0.1) is 6.10 Å². The van der Waals surface area contributed by atoms with E-state index in [1.165, 1.54) is 18.4 Å². The lowest BCUT2D eigenvalue weighted by atomic mass is 9.74. The molecule has 2 N–H and O–H groups in total. The summed E-state index contributed by atoms with van der Waals surface area (Å²) in [6, 6.07) is 8.08. The van der Waals surface area contributed by atoms with Crippen LogP contribution in [0.5, 0.6) is 0 Å². The van der Waals surface area contributed by atoms with Crippen LogP contribution in [0, 0.1) is 11.8 Å². The number of aryl methyl sites for hydroxylation is 1. The van der Waals surface area contributed by atoms with Gasteiger partial charge < -0.3 is 15.3 Å². The average Bonchev–Trinajstić information content (AvgIpc) is 2.84. The van der Waals surface area contributed by atoms with E-state index in [9.17, 15) is 9.90 Å². The van der Waals surface area contributed by atoms with E-state index >= 15 is 0 Å². The van der Waals surface area contributed by atoms with Gasteiger partial charge >= 0.3 is 6.03 Å². The lowest BCUT2D eigenvalue weighted by molar-refractivity contribution is -0.00421. The second-order valence-electron chi connectivity index (χ2n) is 6.36. The number of amides is 2. The molecule has 2 fully saturated rings. The summed E-state index contributed by atoms with van der Waals surface area (Å²) < 4.78 is 0. The Labute approximate surface area is 126 Å². The van der Waals surface area contributed by atoms with Crippen molar-refractivity contribution < 1.29 is 9.90 Å². The molecule has 114 valence electrons. The summed E-state index contributed by atoms with van der Waals surface area (Å²) in [5.41, 5.74) is 2.16. The first-order valence-electron chi connectivity index (χ1n) is 8.00. The van der Waals surface area contributed by atoms with E-state index < -0.39 is 0 Å². The number of fused-ring (bicyclic) bond motifs is 1. The van der Waals surface area contributed by atoms with E-state index in [0.29, 0.717) is 18.4 Å². The van der Waals surface area contributed by atoms with Crippen LogP contribution in [-0.4, -0.2) is 35.2 Å². The number of anilines is 1. The smallest absolute Gasteiger partial charge is 0.321 e. The van der Waals surface area contributed by atoms with Gasteiger partial charge in [0.2, 0.25) is 0 Å². The zero-order valence-corrected chi connectivity index (χ0v) is 12.6. The van der Waals surface area contributed by atoms with Crippen LogP contribution < -0.4 is 5.32 Å². The Hall–Kier alpha value is -1.55. The number of aliphatic hydroxyl groups excluding tert-OH is 1. The molecule has 0 bridgehead atoms. The lowest BCUT2D eigenvalue weighted by Crippen LogP contribution is -2.40. The van der Waals surface area contributed by atoms with E-state index in [1.807, 2.05) is 17.0 Å². The summed E-state index contributed by atoms with van der Waals surface area (Å²) in [4.78, 5) is 14.1. The zero-order chi connectivity index (χ0) is 14.8. The average molecular weight is 288 g/mol. The number of rotatable bonds is 4. The maximum atomic E-state index is 12.2. The molecule has 1 saturated carbocycles. The predicted molar refractivity (Wildman–Crippen MR) is 83.2 cm³/mol. The first-order valence-corrected chi connectivity index (χ1v) is 8.00. The Morgan fingerprint density at radius 2 is 2.10 bits per heavy atom. The minimum atomic E-state index is -0.203. The van der Waals surface area contributed by atoms with Crippen LogP contribution in [0.4, 0.5) is 10.5 Å². The predicted octanol–water partition coefficient (Wildman–Crippen LogP) is 2.87. The van der Waals surface area contributed by atoms with E-state index in [0.717, 1.165) is 25.1 Å². The van der Waals surface area contributed by atoms with Crippen LogP contribution in [0.1, 0.15) is 31.7 Å². The summed E-state index contributed by atoms with van der Waals surface area (Å²) in [7, 11) is 0. The fraction of sp³-hybridized carbons (Fsp3) is 0.588. The highest BCUT2D eigenvalue weighted by Crippen LogP contribution is 2.40. The summed E-state index contributed by atoms with van der Waals surface area (Å²) in [5.74, 6) is 0.800. The van der Waals surface area contributed by atoms with Gasteiger partial charge in [-0.3, -0.25) is 0 Å². The van der Waals surface area contributed by atoms with Crippen molar-refractivity contribution in [1.29, 1.82) is 0 Å². The molecule has 1 aromatic rings. The van der Waals surface area contributed by atoms with Crippen LogP contribution in [0.25, 0.3) is 0 Å². The first-order chi connectivity index (χ1) is 10.2. The largest absolute Gasteiger partial charge is 0.393 e. The van der Waals surface area contributed by atoms with Crippen LogP contribution in [0.15, 0.2) is 24.3 Å². The molecule has 4 heteroatoms. The minimum Gasteiger partial charge on any atom is -0.393 e. The zero-order valence-electron chi connectivity index (χ0n) is 12.6. The molecule has 1 heterocycles. The van der Waals surface area contributed by atoms with Crippen molar-refractivity contribution in [3.63, 3.8) is 0 Å². The van der Waals surface area contributed by atoms with E-state index in [1.54, 1.807) is 0 Å². The molecular weight excluding hydrogens is 264 g/mol. The van der Waals surface area contributed by atoms with Crippen LogP contribution in [-0.2, 0) is 6.42 Å². The van der Waals surface area contributed by atoms with Crippen molar-refractivity contribution >= 4 is 11.7 Å². The highest BCUT2D eigenvalue weighted by Gasteiger charge is 2.47. The number of likely N-dealkylation sites (tertiary alicyclic amines) is 1. The summed E-state index contributed by atoms with van der Waals surface area (Å²) >= 11 is 0. The summed E-state index contributed by atoms with van der Waals surface area (Å²) in [5, 5.41) is 12.6. The molecule has 3 atom stereocenters. The standard InChI is InChI=1S/C17H24N2O2/c1-2-3-4-12-5-7-14(8-6-12)18-17(21)19-10-13-9-16(20)15(13)11-19/h5-8,13,15-16,20H,2-4,9-11H2,1H3,(H,18,21)/t13-,15+,16-/m1/s1. The summed E-state index contributed by atoms with van der Waals surface area (Å²) in [6.45, 7) is 3.66. The van der Waals surface area contributed by atoms with Crippen LogP contribution in [0.2, 0.25) is 0 Å². The van der Waals surface area contributed by atoms with Crippen molar-refractivity contribution in [2.75, 3.05) is 18.4 Å². The van der Waals surface area contributed by atoms with Gasteiger partial charge in [0.15, 0.2) is 0 Å². The van der Waals surface area contributed by atoms with Gasteiger partial charge in [0, 0.05) is 24.7 Å². The molecule has 0 aromatic heterocycles. The van der Waals surface area contributed by atoms with E-state index in [2.05, 4.69) is 24.4 Å². The highest BCUT2D eigenvalue weighted by molar-refractivity contribution is 5.89. The van der Waals surface area contributed by atoms with Gasteiger partial charge in [-0.25, -0.2) is 4.79 Å². The Morgan fingerprint density at radius 1 is 1.33 bits per heavy atom. The molecule has 1 aromatic carbocycles. The minimum absolute atomic E-state index is 0.0436. The lowest BCUT2D eigenvalue weighted by Gasteiger charge is -2.34. The van der Waals surface area contributed by atoms with E-state index in [4.69, 9.17) is 0 Å². The number of nitrogens with one attached hydrogen (secondary N) is 1. The number of aliphatic hydroxyl groups is 1. The normalized spacial score (nSPS) is 27.1. The second kappa shape index (κ2) is 6.06. The Balaban J connectivity index is 1.53. The molecule has 2 aliphatic rings. The highest BCUT2D eigenvalue weighted by atomic mass is 16.3. The third-order valence-electron chi connectivity index (χ3n) is 4.84. The topological polar surface area (TPSA) is 52.6 Å². The molecule has 4 nitrogen and oxygen atoms in total. The third-order valence-corrected chi connectivity index (χ3v) is 4.84. The van der Waals surface area contributed by atoms with Crippen LogP contribution >= 0.6 is 0 Å². The first kappa shape index (κ1) is 14.4. The Morgan fingerprint density at radius 3 is 2.71 bits per heavy atom. The van der Waals surface area contributed by atoms with Crippen molar-refractivity contribution in [2.24, 2.45) is 11.8 Å². The van der Waals surface area contributed by atoms with Crippen molar-refractivity contribution in [3.8, 4) is 0 Å². The SMILES string of the molecule is CCCCc1ccc(NC(=O)N2C[C@H]3C[C@@H](O)[C@H]3C2)cc1. The molecule has 1 aliphatic heterocycles. The molecule has 0 radical (unpaired) electrons. The molecular formula is C17H24N2O2. The molecule has 0 spiro atoms. The molecule has 21 heavy (non-hydrogen) atoms. The maximum absolute atomic E-state index is 12.2. The van der Waals surface area contributed by atoms with E-state index in [-0.39, 0.29) is 12.1 Å². The monoisotopic (exact) mass is 288 g/mol. The van der Waals surface area contributed by atoms with Crippen LogP contribution in [0.3, 0.4) is 0 Å². The maximum Gasteiger partial charge on any atom is 0.321 e. The van der Waals surface area contributed by atoms with Gasteiger partial charge in [-0.15, -0.1) is 0 Å². The van der Waals surface area contributed by atoms with Gasteiger partial charge in [-0.1, -0.05) is 25.5 Å². The number of benzene rings is 1. The number of nitrogens with zero attached hydrogens (tertiary/aromatic N) is 1. The Bertz CT molecular complexity index is 500. The Kier molecular flexibility index (Phi) is 4.15. The van der Waals surface area contributed by atoms with Crippen molar-refractivity contribution in [3.05, 3.63) is 29.8 Å². The number of unbranched alkanes of at least 4 members (excludes halogenated alkanes) is 1. The van der Waals surface area contributed by atoms with Gasteiger partial charge in [0.25, 0.3) is 0 Å². The molecule has 1 saturated heterocycles.